The minimum Gasteiger partial charge on any atom is -0.507 e. The Morgan fingerprint density at radius 3 is 3.00 bits per heavy atom. The van der Waals surface area contributed by atoms with E-state index >= 15 is 0 Å². The second kappa shape index (κ2) is 2.52. The number of halogens is 1. The van der Waals surface area contributed by atoms with Crippen LogP contribution in [0.5, 0.6) is 5.75 Å². The number of aromatic nitrogens is 1. The molecule has 2 rings (SSSR count). The molecule has 0 radical (unpaired) electrons. The van der Waals surface area contributed by atoms with Crippen LogP contribution in [0.3, 0.4) is 0 Å². The summed E-state index contributed by atoms with van der Waals surface area (Å²) < 4.78 is 12.3. The average Bonchev–Trinajstić information content (AvgIpc) is 2.49. The SMILES string of the molecule is Oc1cccc2[nH]cc(CF)c12. The summed E-state index contributed by atoms with van der Waals surface area (Å²) in [5, 5.41) is 9.97. The summed E-state index contributed by atoms with van der Waals surface area (Å²) >= 11 is 0. The largest absolute Gasteiger partial charge is 0.507 e. The van der Waals surface area contributed by atoms with Crippen LogP contribution in [0.2, 0.25) is 0 Å². The number of benzene rings is 1. The quantitative estimate of drug-likeness (QED) is 0.668. The third-order valence-electron chi connectivity index (χ3n) is 1.91. The lowest BCUT2D eigenvalue weighted by atomic mass is 10.2. The first-order valence-corrected chi connectivity index (χ1v) is 3.67. The highest BCUT2D eigenvalue weighted by atomic mass is 19.1. The van der Waals surface area contributed by atoms with Crippen molar-refractivity contribution in [2.75, 3.05) is 0 Å². The van der Waals surface area contributed by atoms with Gasteiger partial charge in [-0.3, -0.25) is 0 Å². The van der Waals surface area contributed by atoms with Crippen LogP contribution in [-0.2, 0) is 6.67 Å². The van der Waals surface area contributed by atoms with E-state index in [4.69, 9.17) is 0 Å². The number of fused-ring (bicyclic) bond motifs is 1. The first-order chi connectivity index (χ1) is 5.83. The summed E-state index contributed by atoms with van der Waals surface area (Å²) in [5.41, 5.74) is 1.27. The maximum atomic E-state index is 12.3. The number of aromatic hydroxyl groups is 1. The van der Waals surface area contributed by atoms with Crippen molar-refractivity contribution in [3.05, 3.63) is 30.0 Å². The van der Waals surface area contributed by atoms with Gasteiger partial charge in [-0.05, 0) is 12.1 Å². The van der Waals surface area contributed by atoms with Crippen molar-refractivity contribution in [2.24, 2.45) is 0 Å². The molecular formula is C9H8FNO. The van der Waals surface area contributed by atoms with Crippen molar-refractivity contribution in [3.63, 3.8) is 0 Å². The second-order valence-corrected chi connectivity index (χ2v) is 2.65. The molecule has 0 aliphatic carbocycles. The molecule has 0 unspecified atom stereocenters. The zero-order valence-electron chi connectivity index (χ0n) is 6.34. The van der Waals surface area contributed by atoms with Gasteiger partial charge in [0.15, 0.2) is 0 Å². The molecule has 2 aromatic rings. The van der Waals surface area contributed by atoms with Gasteiger partial charge in [0.05, 0.1) is 0 Å². The average molecular weight is 165 g/mol. The highest BCUT2D eigenvalue weighted by molar-refractivity contribution is 5.88. The van der Waals surface area contributed by atoms with E-state index in [1.165, 1.54) is 0 Å². The Morgan fingerprint density at radius 1 is 1.42 bits per heavy atom. The molecule has 62 valence electrons. The third kappa shape index (κ3) is 0.863. The van der Waals surface area contributed by atoms with Crippen LogP contribution in [0.4, 0.5) is 4.39 Å². The van der Waals surface area contributed by atoms with Gasteiger partial charge >= 0.3 is 0 Å². The van der Waals surface area contributed by atoms with Crippen LogP contribution in [0.15, 0.2) is 24.4 Å². The van der Waals surface area contributed by atoms with Crippen LogP contribution in [0.1, 0.15) is 5.56 Å². The van der Waals surface area contributed by atoms with Gasteiger partial charge < -0.3 is 10.1 Å². The van der Waals surface area contributed by atoms with Gasteiger partial charge in [0.2, 0.25) is 0 Å². The normalized spacial score (nSPS) is 10.8. The molecule has 0 amide bonds. The van der Waals surface area contributed by atoms with E-state index < -0.39 is 6.67 Å². The molecular weight excluding hydrogens is 157 g/mol. The fourth-order valence-corrected chi connectivity index (χ4v) is 1.34. The molecule has 0 bridgehead atoms. The predicted octanol–water partition coefficient (Wildman–Crippen LogP) is 2.34. The molecule has 0 saturated heterocycles. The number of hydrogen-bond donors (Lipinski definition) is 2. The van der Waals surface area contributed by atoms with Gasteiger partial charge in [0.1, 0.15) is 12.4 Å². The number of phenolic OH excluding ortho intramolecular Hbond substituents is 1. The summed E-state index contributed by atoms with van der Waals surface area (Å²) in [6, 6.07) is 5.07. The van der Waals surface area contributed by atoms with Crippen LogP contribution < -0.4 is 0 Å². The molecule has 0 fully saturated rings. The highest BCUT2D eigenvalue weighted by Crippen LogP contribution is 2.27. The van der Waals surface area contributed by atoms with Crippen molar-refractivity contribution in [3.8, 4) is 5.75 Å². The number of aromatic amines is 1. The van der Waals surface area contributed by atoms with E-state index in [0.717, 1.165) is 5.52 Å². The second-order valence-electron chi connectivity index (χ2n) is 2.65. The van der Waals surface area contributed by atoms with Crippen molar-refractivity contribution >= 4 is 10.9 Å². The van der Waals surface area contributed by atoms with Crippen molar-refractivity contribution in [1.29, 1.82) is 0 Å². The van der Waals surface area contributed by atoms with Crippen LogP contribution in [0.25, 0.3) is 10.9 Å². The molecule has 0 spiro atoms. The zero-order chi connectivity index (χ0) is 8.55. The lowest BCUT2D eigenvalue weighted by Crippen LogP contribution is -1.74. The molecule has 3 heteroatoms. The maximum Gasteiger partial charge on any atom is 0.125 e. The van der Waals surface area contributed by atoms with E-state index in [2.05, 4.69) is 4.98 Å². The topological polar surface area (TPSA) is 36.0 Å². The Hall–Kier alpha value is -1.51. The van der Waals surface area contributed by atoms with Gasteiger partial charge in [0, 0.05) is 22.7 Å². The Bertz CT molecular complexity index is 408. The fraction of sp³-hybridized carbons (Fsp3) is 0.111. The van der Waals surface area contributed by atoms with E-state index in [9.17, 15) is 9.50 Å². The number of rotatable bonds is 1. The molecule has 0 aliphatic heterocycles. The van der Waals surface area contributed by atoms with Crippen molar-refractivity contribution in [1.82, 2.24) is 4.98 Å². The molecule has 0 saturated carbocycles. The monoisotopic (exact) mass is 165 g/mol. The maximum absolute atomic E-state index is 12.3. The number of H-pyrrole nitrogens is 1. The van der Waals surface area contributed by atoms with Crippen molar-refractivity contribution < 1.29 is 9.50 Å². The number of hydrogen-bond acceptors (Lipinski definition) is 1. The summed E-state index contributed by atoms with van der Waals surface area (Å²) in [6.45, 7) is -0.558. The highest BCUT2D eigenvalue weighted by Gasteiger charge is 2.06. The van der Waals surface area contributed by atoms with E-state index in [1.807, 2.05) is 0 Å². The fourth-order valence-electron chi connectivity index (χ4n) is 1.34. The summed E-state index contributed by atoms with van der Waals surface area (Å²) in [4.78, 5) is 2.88. The Morgan fingerprint density at radius 2 is 2.25 bits per heavy atom. The van der Waals surface area contributed by atoms with E-state index in [1.54, 1.807) is 24.4 Å². The first kappa shape index (κ1) is 7.16. The summed E-state index contributed by atoms with van der Waals surface area (Å²) in [6.07, 6.45) is 1.57. The Labute approximate surface area is 68.6 Å². The van der Waals surface area contributed by atoms with E-state index in [-0.39, 0.29) is 5.75 Å². The standard InChI is InChI=1S/C9H8FNO/c10-4-6-5-11-7-2-1-3-8(12)9(6)7/h1-3,5,11-12H,4H2. The van der Waals surface area contributed by atoms with Gasteiger partial charge in [-0.2, -0.15) is 0 Å². The number of nitrogens with one attached hydrogen (secondary N) is 1. The molecule has 2 N–H and O–H groups in total. The Balaban J connectivity index is 2.83. The van der Waals surface area contributed by atoms with Crippen molar-refractivity contribution in [2.45, 2.75) is 6.67 Å². The molecule has 12 heavy (non-hydrogen) atoms. The van der Waals surface area contributed by atoms with Gasteiger partial charge in [-0.15, -0.1) is 0 Å². The minimum absolute atomic E-state index is 0.126. The molecule has 1 aromatic heterocycles. The van der Waals surface area contributed by atoms with Gasteiger partial charge in [-0.1, -0.05) is 6.07 Å². The van der Waals surface area contributed by atoms with Gasteiger partial charge in [0.25, 0.3) is 0 Å². The minimum atomic E-state index is -0.558. The predicted molar refractivity (Wildman–Crippen MR) is 44.8 cm³/mol. The Kier molecular flexibility index (Phi) is 1.50. The molecule has 1 heterocycles. The summed E-state index contributed by atoms with van der Waals surface area (Å²) in [5.74, 6) is 0.126. The lowest BCUT2D eigenvalue weighted by molar-refractivity contribution is 0.473. The lowest BCUT2D eigenvalue weighted by Gasteiger charge is -1.95. The molecule has 1 aromatic carbocycles. The van der Waals surface area contributed by atoms with Crippen LogP contribution in [-0.4, -0.2) is 10.1 Å². The smallest absolute Gasteiger partial charge is 0.125 e. The number of phenols is 1. The molecule has 0 aliphatic rings. The molecule has 2 nitrogen and oxygen atoms in total. The molecule has 0 atom stereocenters. The first-order valence-electron chi connectivity index (χ1n) is 3.67. The van der Waals surface area contributed by atoms with Gasteiger partial charge in [-0.25, -0.2) is 4.39 Å². The zero-order valence-corrected chi connectivity index (χ0v) is 6.34. The summed E-state index contributed by atoms with van der Waals surface area (Å²) in [7, 11) is 0. The van der Waals surface area contributed by atoms with Crippen LogP contribution >= 0.6 is 0 Å². The van der Waals surface area contributed by atoms with Crippen LogP contribution in [0, 0.1) is 0 Å². The van der Waals surface area contributed by atoms with E-state index in [0.29, 0.717) is 10.9 Å². The number of alkyl halides is 1. The third-order valence-corrected chi connectivity index (χ3v) is 1.91.